The zero-order valence-electron chi connectivity index (χ0n) is 27.7. The second-order valence-electron chi connectivity index (χ2n) is 12.7. The van der Waals surface area contributed by atoms with Gasteiger partial charge in [0, 0.05) is 10.8 Å². The quantitative estimate of drug-likeness (QED) is 0.154. The van der Waals surface area contributed by atoms with Crippen LogP contribution in [0.2, 0.25) is 0 Å². The highest BCUT2D eigenvalue weighted by Crippen LogP contribution is 2.34. The number of ether oxygens (including phenoxy) is 1. The van der Waals surface area contributed by atoms with Crippen LogP contribution in [0.25, 0.3) is 0 Å². The Morgan fingerprint density at radius 3 is 1.09 bits per heavy atom. The minimum Gasteiger partial charge on any atom is -0.508 e. The number of phenolic OH excluding ortho intramolecular Hbond substituents is 3. The summed E-state index contributed by atoms with van der Waals surface area (Å²) in [6.07, 6.45) is 1.56. The van der Waals surface area contributed by atoms with E-state index in [4.69, 9.17) is 4.74 Å². The van der Waals surface area contributed by atoms with E-state index in [2.05, 4.69) is 67.5 Å². The largest absolute Gasteiger partial charge is 0.508 e. The highest BCUT2D eigenvalue weighted by molar-refractivity contribution is 5.42. The molecule has 44 heavy (non-hydrogen) atoms. The number of hydrogen-bond acceptors (Lipinski definition) is 5. The second-order valence-corrected chi connectivity index (χ2v) is 12.7. The fourth-order valence-corrected chi connectivity index (χ4v) is 4.74. The molecule has 238 valence electrons. The first kappa shape index (κ1) is 36.2. The van der Waals surface area contributed by atoms with E-state index in [0.717, 1.165) is 28.9 Å². The van der Waals surface area contributed by atoms with Gasteiger partial charge in [0.05, 0.1) is 6.10 Å². The molecule has 1 atom stereocenters. The molecule has 0 heterocycles. The third kappa shape index (κ3) is 10.9. The number of aliphatic hydroxyl groups excluding tert-OH is 1. The van der Waals surface area contributed by atoms with E-state index in [0.29, 0.717) is 12.5 Å². The molecule has 0 radical (unpaired) electrons. The summed E-state index contributed by atoms with van der Waals surface area (Å²) in [4.78, 5) is 0. The normalized spacial score (nSPS) is 12.0. The Kier molecular flexibility index (Phi) is 13.8. The van der Waals surface area contributed by atoms with Gasteiger partial charge in [0.2, 0.25) is 0 Å². The molecule has 4 N–H and O–H groups in total. The van der Waals surface area contributed by atoms with Crippen LogP contribution in [0.15, 0.2) is 97.1 Å². The van der Waals surface area contributed by atoms with Crippen LogP contribution in [0.5, 0.6) is 23.0 Å². The summed E-state index contributed by atoms with van der Waals surface area (Å²) in [5.74, 6) is 2.05. The summed E-state index contributed by atoms with van der Waals surface area (Å²) in [6.45, 7) is 17.3. The van der Waals surface area contributed by atoms with Gasteiger partial charge in [-0.15, -0.1) is 0 Å². The molecule has 0 saturated heterocycles. The van der Waals surface area contributed by atoms with Crippen molar-refractivity contribution in [2.45, 2.75) is 85.2 Å². The van der Waals surface area contributed by atoms with Gasteiger partial charge in [-0.1, -0.05) is 110 Å². The number of aliphatic hydroxyl groups is 1. The van der Waals surface area contributed by atoms with Gasteiger partial charge >= 0.3 is 0 Å². The molecular formula is C39H52O5. The van der Waals surface area contributed by atoms with Crippen LogP contribution in [0, 0.1) is 5.92 Å². The molecular weight excluding hydrogens is 548 g/mol. The van der Waals surface area contributed by atoms with Crippen LogP contribution in [-0.4, -0.2) is 33.1 Å². The fraction of sp³-hybridized carbons (Fsp3) is 0.385. The zero-order valence-corrected chi connectivity index (χ0v) is 27.7. The molecule has 0 bridgehead atoms. The van der Waals surface area contributed by atoms with E-state index in [1.807, 2.05) is 48.5 Å². The molecule has 4 aromatic rings. The minimum absolute atomic E-state index is 0.151. The van der Waals surface area contributed by atoms with Crippen LogP contribution >= 0.6 is 0 Å². The van der Waals surface area contributed by atoms with E-state index in [-0.39, 0.29) is 28.1 Å². The maximum atomic E-state index is 9.89. The lowest BCUT2D eigenvalue weighted by atomic mass is 9.78. The van der Waals surface area contributed by atoms with Gasteiger partial charge in [0.1, 0.15) is 29.6 Å². The molecule has 0 aromatic heterocycles. The number of hydrogen-bond donors (Lipinski definition) is 4. The van der Waals surface area contributed by atoms with Crippen molar-refractivity contribution in [2.75, 3.05) is 6.61 Å². The summed E-state index contributed by atoms with van der Waals surface area (Å²) in [5, 5.41) is 37.9. The van der Waals surface area contributed by atoms with Gasteiger partial charge in [0.25, 0.3) is 0 Å². The Morgan fingerprint density at radius 2 is 0.818 bits per heavy atom. The first-order valence-corrected chi connectivity index (χ1v) is 15.5. The lowest BCUT2D eigenvalue weighted by Crippen LogP contribution is -2.20. The molecule has 5 heteroatoms. The third-order valence-corrected chi connectivity index (χ3v) is 7.53. The summed E-state index contributed by atoms with van der Waals surface area (Å²) >= 11 is 0. The van der Waals surface area contributed by atoms with E-state index in [9.17, 15) is 20.4 Å². The Hall–Kier alpha value is -3.96. The van der Waals surface area contributed by atoms with Gasteiger partial charge < -0.3 is 25.2 Å². The lowest BCUT2D eigenvalue weighted by Gasteiger charge is -2.26. The van der Waals surface area contributed by atoms with Crippen molar-refractivity contribution in [3.05, 3.63) is 119 Å². The predicted molar refractivity (Wildman–Crippen MR) is 182 cm³/mol. The predicted octanol–water partition coefficient (Wildman–Crippen LogP) is 9.34. The van der Waals surface area contributed by atoms with Gasteiger partial charge in [-0.25, -0.2) is 0 Å². The molecule has 4 rings (SSSR count). The maximum Gasteiger partial charge on any atom is 0.119 e. The number of phenols is 3. The van der Waals surface area contributed by atoms with Crippen LogP contribution < -0.4 is 4.74 Å². The number of benzene rings is 4. The fourth-order valence-electron chi connectivity index (χ4n) is 4.74. The third-order valence-electron chi connectivity index (χ3n) is 7.53. The molecule has 0 fully saturated rings. The van der Waals surface area contributed by atoms with Crippen LogP contribution in [0.4, 0.5) is 0 Å². The summed E-state index contributed by atoms with van der Waals surface area (Å²) in [6, 6.07) is 29.8. The summed E-state index contributed by atoms with van der Waals surface area (Å²) < 4.78 is 5.67. The molecule has 0 aliphatic carbocycles. The minimum atomic E-state index is -0.432. The SMILES string of the molecule is CC(C)(c1ccc(O)cc1)c1ccc(O)cc1.CC(C)CC(O)COc1ccc(C(C)(C)c2ccc(O)cc2)cc1.CCC. The Morgan fingerprint density at radius 1 is 0.545 bits per heavy atom. The van der Waals surface area contributed by atoms with Crippen LogP contribution in [-0.2, 0) is 10.8 Å². The van der Waals surface area contributed by atoms with Crippen molar-refractivity contribution in [1.29, 1.82) is 0 Å². The van der Waals surface area contributed by atoms with E-state index in [1.54, 1.807) is 36.4 Å². The lowest BCUT2D eigenvalue weighted by molar-refractivity contribution is 0.0892. The highest BCUT2D eigenvalue weighted by atomic mass is 16.5. The van der Waals surface area contributed by atoms with Gasteiger partial charge in [0.15, 0.2) is 0 Å². The molecule has 5 nitrogen and oxygen atoms in total. The first-order valence-electron chi connectivity index (χ1n) is 15.5. The Bertz CT molecular complexity index is 1310. The van der Waals surface area contributed by atoms with Crippen molar-refractivity contribution < 1.29 is 25.2 Å². The topological polar surface area (TPSA) is 90.2 Å². The van der Waals surface area contributed by atoms with Crippen LogP contribution in [0.3, 0.4) is 0 Å². The number of rotatable bonds is 9. The summed E-state index contributed by atoms with van der Waals surface area (Å²) in [5.41, 5.74) is 4.25. The van der Waals surface area contributed by atoms with E-state index >= 15 is 0 Å². The Balaban J connectivity index is 0.000000295. The van der Waals surface area contributed by atoms with Crippen molar-refractivity contribution in [3.63, 3.8) is 0 Å². The molecule has 0 amide bonds. The van der Waals surface area contributed by atoms with E-state index < -0.39 is 6.10 Å². The molecule has 0 aliphatic heterocycles. The van der Waals surface area contributed by atoms with Gasteiger partial charge in [-0.2, -0.15) is 0 Å². The molecule has 0 aliphatic rings. The van der Waals surface area contributed by atoms with Gasteiger partial charge in [-0.05, 0) is 83.1 Å². The number of aromatic hydroxyl groups is 3. The van der Waals surface area contributed by atoms with Crippen molar-refractivity contribution in [3.8, 4) is 23.0 Å². The van der Waals surface area contributed by atoms with Crippen molar-refractivity contribution in [2.24, 2.45) is 5.92 Å². The smallest absolute Gasteiger partial charge is 0.119 e. The van der Waals surface area contributed by atoms with Gasteiger partial charge in [-0.3, -0.25) is 0 Å². The highest BCUT2D eigenvalue weighted by Gasteiger charge is 2.24. The standard InChI is InChI=1S/C21H28O3.C15H16O2.C3H8/c1-15(2)13-19(23)14-24-20-11-7-17(8-12-20)21(3,4)16-5-9-18(22)10-6-16;1-15(2,11-3-7-13(16)8-4-11)12-5-9-14(17)10-6-12;1-3-2/h5-12,15,19,22-23H,13-14H2,1-4H3;3-10,16-17H,1-2H3;3H2,1-2H3. The molecule has 0 saturated carbocycles. The molecule has 4 aromatic carbocycles. The maximum absolute atomic E-state index is 9.89. The second kappa shape index (κ2) is 16.8. The average Bonchev–Trinajstić information content (AvgIpc) is 2.97. The molecule has 0 spiro atoms. The average molecular weight is 601 g/mol. The van der Waals surface area contributed by atoms with Crippen LogP contribution in [0.1, 0.15) is 90.5 Å². The van der Waals surface area contributed by atoms with Crippen molar-refractivity contribution >= 4 is 0 Å². The van der Waals surface area contributed by atoms with Crippen molar-refractivity contribution in [1.82, 2.24) is 0 Å². The Labute approximate surface area is 264 Å². The first-order chi connectivity index (χ1) is 20.7. The summed E-state index contributed by atoms with van der Waals surface area (Å²) in [7, 11) is 0. The monoisotopic (exact) mass is 600 g/mol. The zero-order chi connectivity index (χ0) is 32.9. The molecule has 1 unspecified atom stereocenters. The van der Waals surface area contributed by atoms with E-state index in [1.165, 1.54) is 12.0 Å².